The number of aromatic nitrogens is 2. The van der Waals surface area contributed by atoms with Crippen LogP contribution in [0.15, 0.2) is 48.5 Å². The highest BCUT2D eigenvalue weighted by Crippen LogP contribution is 2.26. The molecule has 0 radical (unpaired) electrons. The SMILES string of the molecule is Cc1ccc(-c2ccc(OC[C@@H]3Cn4c(nc(C#N)c4C)O3)cc2)cc1. The number of hydrogen-bond acceptors (Lipinski definition) is 4. The number of hydrogen-bond donors (Lipinski definition) is 0. The Bertz CT molecular complexity index is 966. The Labute approximate surface area is 152 Å². The molecule has 1 aromatic heterocycles. The molecular formula is C21H19N3O2. The van der Waals surface area contributed by atoms with E-state index in [-0.39, 0.29) is 6.10 Å². The van der Waals surface area contributed by atoms with E-state index in [0.29, 0.717) is 24.9 Å². The fraction of sp³-hybridized carbons (Fsp3) is 0.238. The normalized spacial score (nSPS) is 15.2. The Morgan fingerprint density at radius 3 is 2.38 bits per heavy atom. The molecule has 1 atom stereocenters. The van der Waals surface area contributed by atoms with Gasteiger partial charge in [0.15, 0.2) is 11.8 Å². The number of ether oxygens (including phenoxy) is 2. The first-order valence-corrected chi connectivity index (χ1v) is 8.58. The van der Waals surface area contributed by atoms with Crippen LogP contribution in [0, 0.1) is 25.2 Å². The van der Waals surface area contributed by atoms with Gasteiger partial charge in [-0.05, 0) is 37.1 Å². The van der Waals surface area contributed by atoms with Crippen LogP contribution in [0.2, 0.25) is 0 Å². The molecule has 0 fully saturated rings. The predicted molar refractivity (Wildman–Crippen MR) is 98.2 cm³/mol. The number of nitriles is 1. The van der Waals surface area contributed by atoms with E-state index in [1.54, 1.807) is 0 Å². The third-order valence-corrected chi connectivity index (χ3v) is 4.63. The Balaban J connectivity index is 1.37. The van der Waals surface area contributed by atoms with Gasteiger partial charge in [0.1, 0.15) is 18.4 Å². The first kappa shape index (κ1) is 16.2. The summed E-state index contributed by atoms with van der Waals surface area (Å²) < 4.78 is 13.6. The minimum atomic E-state index is -0.0966. The van der Waals surface area contributed by atoms with Crippen molar-refractivity contribution in [3.63, 3.8) is 0 Å². The van der Waals surface area contributed by atoms with Crippen LogP contribution in [0.5, 0.6) is 11.8 Å². The van der Waals surface area contributed by atoms with Gasteiger partial charge in [-0.1, -0.05) is 42.0 Å². The van der Waals surface area contributed by atoms with Crippen LogP contribution < -0.4 is 9.47 Å². The van der Waals surface area contributed by atoms with Crippen LogP contribution in [0.4, 0.5) is 0 Å². The van der Waals surface area contributed by atoms with Crippen molar-refractivity contribution in [2.24, 2.45) is 0 Å². The molecule has 3 aromatic rings. The molecule has 5 heteroatoms. The molecule has 2 heterocycles. The highest BCUT2D eigenvalue weighted by atomic mass is 16.6. The van der Waals surface area contributed by atoms with Crippen molar-refractivity contribution >= 4 is 0 Å². The summed E-state index contributed by atoms with van der Waals surface area (Å²) in [4.78, 5) is 4.19. The van der Waals surface area contributed by atoms with Gasteiger partial charge in [-0.25, -0.2) is 0 Å². The third kappa shape index (κ3) is 3.02. The number of rotatable bonds is 4. The second kappa shape index (κ2) is 6.57. The van der Waals surface area contributed by atoms with Gasteiger partial charge in [0.25, 0.3) is 6.01 Å². The van der Waals surface area contributed by atoms with Crippen LogP contribution in [0.1, 0.15) is 17.0 Å². The molecule has 2 aromatic carbocycles. The average Bonchev–Trinajstić information content (AvgIpc) is 3.20. The van der Waals surface area contributed by atoms with E-state index in [2.05, 4.69) is 54.4 Å². The second-order valence-corrected chi connectivity index (χ2v) is 6.49. The maximum absolute atomic E-state index is 9.01. The average molecular weight is 345 g/mol. The molecule has 0 spiro atoms. The minimum absolute atomic E-state index is 0.0966. The Morgan fingerprint density at radius 2 is 1.77 bits per heavy atom. The molecule has 130 valence electrons. The highest BCUT2D eigenvalue weighted by Gasteiger charge is 2.28. The highest BCUT2D eigenvalue weighted by molar-refractivity contribution is 5.64. The zero-order valence-corrected chi connectivity index (χ0v) is 14.8. The lowest BCUT2D eigenvalue weighted by molar-refractivity contribution is 0.143. The van der Waals surface area contributed by atoms with Gasteiger partial charge < -0.3 is 9.47 Å². The van der Waals surface area contributed by atoms with Crippen molar-refractivity contribution in [1.82, 2.24) is 9.55 Å². The Kier molecular flexibility index (Phi) is 4.10. The van der Waals surface area contributed by atoms with Gasteiger partial charge >= 0.3 is 0 Å². The van der Waals surface area contributed by atoms with Gasteiger partial charge in [-0.3, -0.25) is 4.57 Å². The number of nitrogens with zero attached hydrogens (tertiary/aromatic N) is 3. The van der Waals surface area contributed by atoms with Gasteiger partial charge in [0.2, 0.25) is 0 Å². The van der Waals surface area contributed by atoms with Crippen LogP contribution >= 0.6 is 0 Å². The molecule has 4 rings (SSSR count). The predicted octanol–water partition coefficient (Wildman–Crippen LogP) is 3.88. The van der Waals surface area contributed by atoms with E-state index in [0.717, 1.165) is 17.0 Å². The van der Waals surface area contributed by atoms with Crippen LogP contribution in [0.25, 0.3) is 11.1 Å². The molecule has 5 nitrogen and oxygen atoms in total. The Hall–Kier alpha value is -3.26. The molecule has 1 aliphatic heterocycles. The van der Waals surface area contributed by atoms with E-state index >= 15 is 0 Å². The van der Waals surface area contributed by atoms with Crippen molar-refractivity contribution in [2.45, 2.75) is 26.5 Å². The Morgan fingerprint density at radius 1 is 1.12 bits per heavy atom. The molecule has 1 aliphatic rings. The fourth-order valence-electron chi connectivity index (χ4n) is 3.07. The summed E-state index contributed by atoms with van der Waals surface area (Å²) in [6.07, 6.45) is -0.0966. The summed E-state index contributed by atoms with van der Waals surface area (Å²) >= 11 is 0. The van der Waals surface area contributed by atoms with Crippen molar-refractivity contribution < 1.29 is 9.47 Å². The molecule has 0 saturated carbocycles. The van der Waals surface area contributed by atoms with Crippen LogP contribution in [0.3, 0.4) is 0 Å². The summed E-state index contributed by atoms with van der Waals surface area (Å²) in [6.45, 7) is 5.05. The van der Waals surface area contributed by atoms with E-state index in [4.69, 9.17) is 14.7 Å². The van der Waals surface area contributed by atoms with Gasteiger partial charge in [0.05, 0.1) is 12.2 Å². The summed E-state index contributed by atoms with van der Waals surface area (Å²) in [5, 5.41) is 9.01. The monoisotopic (exact) mass is 345 g/mol. The lowest BCUT2D eigenvalue weighted by atomic mass is 10.0. The topological polar surface area (TPSA) is 60.1 Å². The fourth-order valence-corrected chi connectivity index (χ4v) is 3.07. The molecule has 0 N–H and O–H groups in total. The van der Waals surface area contributed by atoms with Gasteiger partial charge in [-0.2, -0.15) is 10.2 Å². The van der Waals surface area contributed by atoms with Gasteiger partial charge in [-0.15, -0.1) is 0 Å². The third-order valence-electron chi connectivity index (χ3n) is 4.63. The number of benzene rings is 2. The van der Waals surface area contributed by atoms with E-state index in [1.165, 1.54) is 11.1 Å². The minimum Gasteiger partial charge on any atom is -0.490 e. The zero-order chi connectivity index (χ0) is 18.1. The standard InChI is InChI=1S/C21H19N3O2/c1-14-3-5-16(6-4-14)17-7-9-18(10-8-17)25-13-19-12-24-15(2)20(11-22)23-21(24)26-19/h3-10,19H,12-13H2,1-2H3/t19-/m0/s1. The van der Waals surface area contributed by atoms with E-state index in [1.807, 2.05) is 23.6 Å². The number of aryl methyl sites for hydroxylation is 1. The van der Waals surface area contributed by atoms with Crippen LogP contribution in [-0.2, 0) is 6.54 Å². The largest absolute Gasteiger partial charge is 0.490 e. The molecular weight excluding hydrogens is 326 g/mol. The summed E-state index contributed by atoms with van der Waals surface area (Å²) in [6, 6.07) is 19.1. The molecule has 0 aliphatic carbocycles. The van der Waals surface area contributed by atoms with E-state index in [9.17, 15) is 0 Å². The summed E-state index contributed by atoms with van der Waals surface area (Å²) in [5.74, 6) is 0.809. The van der Waals surface area contributed by atoms with E-state index < -0.39 is 0 Å². The number of fused-ring (bicyclic) bond motifs is 1. The molecule has 26 heavy (non-hydrogen) atoms. The zero-order valence-electron chi connectivity index (χ0n) is 14.8. The van der Waals surface area contributed by atoms with Crippen LogP contribution in [-0.4, -0.2) is 22.3 Å². The van der Waals surface area contributed by atoms with Crippen molar-refractivity contribution in [3.05, 3.63) is 65.5 Å². The summed E-state index contributed by atoms with van der Waals surface area (Å²) in [5.41, 5.74) is 4.87. The lowest BCUT2D eigenvalue weighted by Crippen LogP contribution is -2.24. The first-order valence-electron chi connectivity index (χ1n) is 8.58. The molecule has 0 unspecified atom stereocenters. The van der Waals surface area contributed by atoms with Crippen molar-refractivity contribution in [1.29, 1.82) is 5.26 Å². The smallest absolute Gasteiger partial charge is 0.298 e. The van der Waals surface area contributed by atoms with Crippen molar-refractivity contribution in [3.8, 4) is 29.0 Å². The second-order valence-electron chi connectivity index (χ2n) is 6.49. The first-order chi connectivity index (χ1) is 12.6. The molecule has 0 amide bonds. The van der Waals surface area contributed by atoms with Crippen molar-refractivity contribution in [2.75, 3.05) is 6.61 Å². The lowest BCUT2D eigenvalue weighted by Gasteiger charge is -2.12. The van der Waals surface area contributed by atoms with Gasteiger partial charge in [0, 0.05) is 0 Å². The molecule has 0 saturated heterocycles. The summed E-state index contributed by atoms with van der Waals surface area (Å²) in [7, 11) is 0. The number of imidazole rings is 1. The quantitative estimate of drug-likeness (QED) is 0.720. The maximum Gasteiger partial charge on any atom is 0.298 e. The maximum atomic E-state index is 9.01. The molecule has 0 bridgehead atoms.